The molecule has 0 saturated carbocycles. The molecule has 0 aliphatic carbocycles. The Hall–Kier alpha value is -3.78. The van der Waals surface area contributed by atoms with Gasteiger partial charge in [0.05, 0.1) is 17.3 Å². The molecule has 0 bridgehead atoms. The van der Waals surface area contributed by atoms with Crippen molar-refractivity contribution in [3.8, 4) is 23.3 Å². The lowest BCUT2D eigenvalue weighted by atomic mass is 10.2. The van der Waals surface area contributed by atoms with E-state index in [1.165, 1.54) is 0 Å². The van der Waals surface area contributed by atoms with Crippen LogP contribution in [0.2, 0.25) is 0 Å². The quantitative estimate of drug-likeness (QED) is 0.721. The Balaban J connectivity index is 1.63. The van der Waals surface area contributed by atoms with Gasteiger partial charge in [-0.25, -0.2) is 0 Å². The Morgan fingerprint density at radius 1 is 0.923 bits per heavy atom. The van der Waals surface area contributed by atoms with Crippen LogP contribution in [0.15, 0.2) is 78.9 Å². The molecule has 0 aliphatic rings. The molecule has 0 spiro atoms. The van der Waals surface area contributed by atoms with Crippen LogP contribution in [0.4, 0.5) is 5.69 Å². The van der Waals surface area contributed by atoms with E-state index < -0.39 is 0 Å². The first-order valence-electron chi connectivity index (χ1n) is 7.99. The summed E-state index contributed by atoms with van der Waals surface area (Å²) >= 11 is 0. The lowest BCUT2D eigenvalue weighted by Gasteiger charge is -2.12. The highest BCUT2D eigenvalue weighted by Gasteiger charge is 2.09. The minimum absolute atomic E-state index is 0.172. The summed E-state index contributed by atoms with van der Waals surface area (Å²) in [6, 6.07) is 25.2. The second-order valence-electron chi connectivity index (χ2n) is 5.39. The van der Waals surface area contributed by atoms with E-state index in [0.717, 1.165) is 0 Å². The van der Waals surface area contributed by atoms with Crippen molar-refractivity contribution in [2.24, 2.45) is 0 Å². The van der Waals surface area contributed by atoms with Crippen molar-refractivity contribution in [3.63, 3.8) is 0 Å². The van der Waals surface area contributed by atoms with Gasteiger partial charge in [-0.2, -0.15) is 5.26 Å². The maximum absolute atomic E-state index is 12.2. The molecule has 0 radical (unpaired) electrons. The molecular formula is C21H16N2O3. The smallest absolute Gasteiger partial charge is 0.262 e. The molecule has 0 unspecified atom stereocenters. The number of nitrogens with zero attached hydrogens (tertiary/aromatic N) is 1. The van der Waals surface area contributed by atoms with Crippen LogP contribution in [0.5, 0.6) is 17.2 Å². The highest BCUT2D eigenvalue weighted by atomic mass is 16.5. The second kappa shape index (κ2) is 8.36. The van der Waals surface area contributed by atoms with E-state index in [2.05, 4.69) is 5.32 Å². The van der Waals surface area contributed by atoms with E-state index in [1.807, 2.05) is 48.5 Å². The van der Waals surface area contributed by atoms with E-state index in [9.17, 15) is 4.79 Å². The van der Waals surface area contributed by atoms with Gasteiger partial charge in [-0.1, -0.05) is 36.4 Å². The zero-order chi connectivity index (χ0) is 18.2. The third kappa shape index (κ3) is 4.62. The summed E-state index contributed by atoms with van der Waals surface area (Å²) in [4.78, 5) is 12.2. The number of para-hydroxylation sites is 3. The number of amides is 1. The topological polar surface area (TPSA) is 71.3 Å². The van der Waals surface area contributed by atoms with Crippen LogP contribution in [-0.2, 0) is 4.79 Å². The van der Waals surface area contributed by atoms with Crippen molar-refractivity contribution < 1.29 is 14.3 Å². The fraction of sp³-hybridized carbons (Fsp3) is 0.0476. The molecule has 26 heavy (non-hydrogen) atoms. The number of carbonyl (C=O) groups excluding carboxylic acids is 1. The minimum Gasteiger partial charge on any atom is -0.484 e. The largest absolute Gasteiger partial charge is 0.484 e. The van der Waals surface area contributed by atoms with Gasteiger partial charge in [0.15, 0.2) is 12.4 Å². The van der Waals surface area contributed by atoms with Gasteiger partial charge in [-0.15, -0.1) is 0 Å². The predicted octanol–water partition coefficient (Wildman–Crippen LogP) is 4.37. The summed E-state index contributed by atoms with van der Waals surface area (Å²) in [6.07, 6.45) is 0. The van der Waals surface area contributed by atoms with Crippen LogP contribution in [-0.4, -0.2) is 12.5 Å². The summed E-state index contributed by atoms with van der Waals surface area (Å²) < 4.78 is 11.2. The van der Waals surface area contributed by atoms with Crippen LogP contribution < -0.4 is 14.8 Å². The first-order chi connectivity index (χ1) is 12.7. The number of carbonyl (C=O) groups is 1. The standard InChI is InChI=1S/C21H16N2O3/c22-14-16-7-6-10-18(13-16)25-15-21(24)23-19-11-4-5-12-20(19)26-17-8-2-1-3-9-17/h1-13H,15H2,(H,23,24). The van der Waals surface area contributed by atoms with Gasteiger partial charge in [-0.05, 0) is 42.5 Å². The minimum atomic E-state index is -0.323. The SMILES string of the molecule is N#Cc1cccc(OCC(=O)Nc2ccccc2Oc2ccccc2)c1. The highest BCUT2D eigenvalue weighted by Crippen LogP contribution is 2.29. The molecule has 3 aromatic carbocycles. The second-order valence-corrected chi connectivity index (χ2v) is 5.39. The van der Waals surface area contributed by atoms with Crippen molar-refractivity contribution in [1.82, 2.24) is 0 Å². The molecule has 0 fully saturated rings. The first kappa shape index (κ1) is 17.1. The van der Waals surface area contributed by atoms with Gasteiger partial charge in [0.2, 0.25) is 0 Å². The van der Waals surface area contributed by atoms with E-state index in [0.29, 0.717) is 28.5 Å². The molecular weight excluding hydrogens is 328 g/mol. The number of benzene rings is 3. The third-order valence-electron chi connectivity index (χ3n) is 3.47. The molecule has 0 saturated heterocycles. The number of nitrogens with one attached hydrogen (secondary N) is 1. The van der Waals surface area contributed by atoms with Crippen LogP contribution in [0.25, 0.3) is 0 Å². The highest BCUT2D eigenvalue weighted by molar-refractivity contribution is 5.93. The monoisotopic (exact) mass is 344 g/mol. The van der Waals surface area contributed by atoms with Crippen molar-refractivity contribution in [3.05, 3.63) is 84.4 Å². The fourth-order valence-electron chi connectivity index (χ4n) is 2.27. The lowest BCUT2D eigenvalue weighted by Crippen LogP contribution is -2.20. The summed E-state index contributed by atoms with van der Waals surface area (Å²) in [5, 5.41) is 11.7. The molecule has 0 aromatic heterocycles. The van der Waals surface area contributed by atoms with Crippen LogP contribution in [0, 0.1) is 11.3 Å². The van der Waals surface area contributed by atoms with Gasteiger partial charge in [-0.3, -0.25) is 4.79 Å². The van der Waals surface area contributed by atoms with Crippen molar-refractivity contribution in [2.45, 2.75) is 0 Å². The number of hydrogen-bond donors (Lipinski definition) is 1. The van der Waals surface area contributed by atoms with E-state index in [1.54, 1.807) is 36.4 Å². The molecule has 3 aromatic rings. The molecule has 1 amide bonds. The molecule has 128 valence electrons. The molecule has 1 N–H and O–H groups in total. The van der Waals surface area contributed by atoms with Gasteiger partial charge in [0.1, 0.15) is 11.5 Å². The predicted molar refractivity (Wildman–Crippen MR) is 98.2 cm³/mol. The summed E-state index contributed by atoms with van der Waals surface area (Å²) in [5.74, 6) is 1.36. The zero-order valence-corrected chi connectivity index (χ0v) is 13.9. The van der Waals surface area contributed by atoms with E-state index in [4.69, 9.17) is 14.7 Å². The van der Waals surface area contributed by atoms with Gasteiger partial charge >= 0.3 is 0 Å². The number of ether oxygens (including phenoxy) is 2. The normalized spacial score (nSPS) is 9.81. The summed E-state index contributed by atoms with van der Waals surface area (Å²) in [5.41, 5.74) is 1.03. The van der Waals surface area contributed by atoms with Crippen molar-refractivity contribution >= 4 is 11.6 Å². The van der Waals surface area contributed by atoms with Crippen molar-refractivity contribution in [2.75, 3.05) is 11.9 Å². The number of hydrogen-bond acceptors (Lipinski definition) is 4. The molecule has 3 rings (SSSR count). The van der Waals surface area contributed by atoms with Crippen LogP contribution in [0.3, 0.4) is 0 Å². The number of nitriles is 1. The van der Waals surface area contributed by atoms with Gasteiger partial charge in [0, 0.05) is 0 Å². The number of rotatable bonds is 6. The Morgan fingerprint density at radius 2 is 1.65 bits per heavy atom. The average Bonchev–Trinajstić information content (AvgIpc) is 2.69. The number of anilines is 1. The summed E-state index contributed by atoms with van der Waals surface area (Å²) in [7, 11) is 0. The van der Waals surface area contributed by atoms with Gasteiger partial charge in [0.25, 0.3) is 5.91 Å². The molecule has 5 heteroatoms. The Morgan fingerprint density at radius 3 is 2.46 bits per heavy atom. The first-order valence-corrected chi connectivity index (χ1v) is 7.99. The Kier molecular flexibility index (Phi) is 5.48. The molecule has 0 aliphatic heterocycles. The van der Waals surface area contributed by atoms with E-state index >= 15 is 0 Å². The fourth-order valence-corrected chi connectivity index (χ4v) is 2.27. The van der Waals surface area contributed by atoms with E-state index in [-0.39, 0.29) is 12.5 Å². The lowest BCUT2D eigenvalue weighted by molar-refractivity contribution is -0.118. The third-order valence-corrected chi connectivity index (χ3v) is 3.47. The molecule has 0 heterocycles. The molecule has 0 atom stereocenters. The van der Waals surface area contributed by atoms with Gasteiger partial charge < -0.3 is 14.8 Å². The van der Waals surface area contributed by atoms with Crippen LogP contribution >= 0.6 is 0 Å². The van der Waals surface area contributed by atoms with Crippen LogP contribution in [0.1, 0.15) is 5.56 Å². The Labute approximate surface area is 151 Å². The summed E-state index contributed by atoms with van der Waals surface area (Å²) in [6.45, 7) is -0.172. The maximum atomic E-state index is 12.2. The zero-order valence-electron chi connectivity index (χ0n) is 13.9. The van der Waals surface area contributed by atoms with Crippen molar-refractivity contribution in [1.29, 1.82) is 5.26 Å². The average molecular weight is 344 g/mol. The molecule has 5 nitrogen and oxygen atoms in total. The maximum Gasteiger partial charge on any atom is 0.262 e. The Bertz CT molecular complexity index is 933.